The zero-order valence-corrected chi connectivity index (χ0v) is 17.9. The zero-order chi connectivity index (χ0) is 20.9. The molecule has 1 aromatic heterocycles. The summed E-state index contributed by atoms with van der Waals surface area (Å²) in [4.78, 5) is 32.1. The normalized spacial score (nSPS) is 11.3. The molecule has 3 N–H and O–H groups in total. The maximum absolute atomic E-state index is 12.3. The van der Waals surface area contributed by atoms with E-state index in [-0.39, 0.29) is 17.1 Å². The average molecular weight is 401 g/mol. The van der Waals surface area contributed by atoms with Gasteiger partial charge in [0.15, 0.2) is 5.16 Å². The third kappa shape index (κ3) is 6.34. The number of carbonyl (C=O) groups is 2. The molecule has 2 rings (SSSR count). The fourth-order valence-corrected chi connectivity index (χ4v) is 3.46. The highest BCUT2D eigenvalue weighted by Crippen LogP contribution is 2.24. The minimum Gasteiger partial charge on any atom is -0.369 e. The molecular formula is C21H28N4O2S. The predicted octanol–water partition coefficient (Wildman–Crippen LogP) is 3.54. The van der Waals surface area contributed by atoms with Crippen LogP contribution in [0.25, 0.3) is 0 Å². The van der Waals surface area contributed by atoms with Crippen molar-refractivity contribution >= 4 is 29.3 Å². The fraction of sp³-hybridized carbons (Fsp3) is 0.429. The Morgan fingerprint density at radius 3 is 2.14 bits per heavy atom. The van der Waals surface area contributed by atoms with Gasteiger partial charge in [-0.15, -0.1) is 0 Å². The van der Waals surface area contributed by atoms with Crippen molar-refractivity contribution < 1.29 is 9.59 Å². The number of aromatic nitrogens is 2. The van der Waals surface area contributed by atoms with E-state index < -0.39 is 5.91 Å². The molecule has 2 aromatic rings. The highest BCUT2D eigenvalue weighted by Gasteiger charge is 2.14. The standard InChI is InChI=1S/C21H28N4O2S/c1-13-17(14(2)24-20(23-13)28-12-18(22)26)10-11-19(27)25-16-8-6-15(7-9-16)21(3,4)5/h6-9H,10-12H2,1-5H3,(H2,22,26)(H,25,27). The number of carbonyl (C=O) groups excluding carboxylic acids is 2. The van der Waals surface area contributed by atoms with Crippen molar-refractivity contribution in [2.75, 3.05) is 11.1 Å². The molecule has 0 bridgehead atoms. The maximum atomic E-state index is 12.3. The number of nitrogens with two attached hydrogens (primary N) is 1. The summed E-state index contributed by atoms with van der Waals surface area (Å²) in [5.41, 5.74) is 9.86. The van der Waals surface area contributed by atoms with Crippen molar-refractivity contribution in [3.63, 3.8) is 0 Å². The van der Waals surface area contributed by atoms with E-state index >= 15 is 0 Å². The summed E-state index contributed by atoms with van der Waals surface area (Å²) in [5, 5.41) is 3.47. The van der Waals surface area contributed by atoms with Gasteiger partial charge >= 0.3 is 0 Å². The second-order valence-corrected chi connectivity index (χ2v) is 8.73. The van der Waals surface area contributed by atoms with Crippen LogP contribution in [0.2, 0.25) is 0 Å². The van der Waals surface area contributed by atoms with Crippen LogP contribution in [0.15, 0.2) is 29.4 Å². The van der Waals surface area contributed by atoms with Crippen LogP contribution in [0.5, 0.6) is 0 Å². The third-order valence-corrected chi connectivity index (χ3v) is 5.25. The molecule has 7 heteroatoms. The van der Waals surface area contributed by atoms with E-state index in [2.05, 4.69) is 36.1 Å². The lowest BCUT2D eigenvalue weighted by Crippen LogP contribution is -2.15. The van der Waals surface area contributed by atoms with Gasteiger partial charge in [-0.25, -0.2) is 9.97 Å². The van der Waals surface area contributed by atoms with E-state index in [9.17, 15) is 9.59 Å². The Morgan fingerprint density at radius 1 is 1.07 bits per heavy atom. The minimum absolute atomic E-state index is 0.0468. The maximum Gasteiger partial charge on any atom is 0.227 e. The lowest BCUT2D eigenvalue weighted by molar-refractivity contribution is -0.116. The number of hydrogen-bond donors (Lipinski definition) is 2. The topological polar surface area (TPSA) is 98.0 Å². The van der Waals surface area contributed by atoms with Gasteiger partial charge in [0.25, 0.3) is 0 Å². The number of anilines is 1. The van der Waals surface area contributed by atoms with E-state index in [4.69, 9.17) is 5.73 Å². The molecule has 0 saturated carbocycles. The number of thioether (sulfide) groups is 1. The van der Waals surface area contributed by atoms with Crippen LogP contribution in [0.1, 0.15) is 49.7 Å². The quantitative estimate of drug-likeness (QED) is 0.547. The number of rotatable bonds is 7. The van der Waals surface area contributed by atoms with Crippen LogP contribution in [-0.4, -0.2) is 27.5 Å². The van der Waals surface area contributed by atoms with Crippen LogP contribution >= 0.6 is 11.8 Å². The molecule has 0 fully saturated rings. The molecular weight excluding hydrogens is 372 g/mol. The summed E-state index contributed by atoms with van der Waals surface area (Å²) in [7, 11) is 0. The second-order valence-electron chi connectivity index (χ2n) is 7.79. The van der Waals surface area contributed by atoms with E-state index in [1.54, 1.807) is 0 Å². The van der Waals surface area contributed by atoms with Gasteiger partial charge < -0.3 is 11.1 Å². The number of aryl methyl sites for hydroxylation is 2. The van der Waals surface area contributed by atoms with Gasteiger partial charge in [0.05, 0.1) is 5.75 Å². The van der Waals surface area contributed by atoms with Gasteiger partial charge in [-0.3, -0.25) is 9.59 Å². The first kappa shape index (κ1) is 21.9. The Morgan fingerprint density at radius 2 is 1.64 bits per heavy atom. The van der Waals surface area contributed by atoms with Gasteiger partial charge in [0, 0.05) is 23.5 Å². The molecule has 0 saturated heterocycles. The van der Waals surface area contributed by atoms with Crippen molar-refractivity contribution in [2.45, 2.75) is 58.0 Å². The summed E-state index contributed by atoms with van der Waals surface area (Å²) >= 11 is 1.22. The van der Waals surface area contributed by atoms with Gasteiger partial charge in [-0.1, -0.05) is 44.7 Å². The van der Waals surface area contributed by atoms with E-state index in [0.29, 0.717) is 18.0 Å². The number of nitrogens with one attached hydrogen (secondary N) is 1. The number of nitrogens with zero attached hydrogens (tertiary/aromatic N) is 2. The molecule has 0 spiro atoms. The van der Waals surface area contributed by atoms with Crippen LogP contribution < -0.4 is 11.1 Å². The third-order valence-electron chi connectivity index (χ3n) is 4.38. The SMILES string of the molecule is Cc1nc(SCC(N)=O)nc(C)c1CCC(=O)Nc1ccc(C(C)(C)C)cc1. The van der Waals surface area contributed by atoms with E-state index in [1.807, 2.05) is 38.1 Å². The Labute approximate surface area is 170 Å². The lowest BCUT2D eigenvalue weighted by atomic mass is 9.87. The predicted molar refractivity (Wildman–Crippen MR) is 114 cm³/mol. The van der Waals surface area contributed by atoms with Gasteiger partial charge in [-0.05, 0) is 48.9 Å². The Hall–Kier alpha value is -2.41. The molecule has 0 aliphatic carbocycles. The van der Waals surface area contributed by atoms with Crippen molar-refractivity contribution in [1.29, 1.82) is 0 Å². The number of benzene rings is 1. The fourth-order valence-electron chi connectivity index (χ4n) is 2.79. The summed E-state index contributed by atoms with van der Waals surface area (Å²) in [6, 6.07) is 7.95. The van der Waals surface area contributed by atoms with Crippen LogP contribution in [0.4, 0.5) is 5.69 Å². The number of amides is 2. The van der Waals surface area contributed by atoms with E-state index in [0.717, 1.165) is 22.6 Å². The zero-order valence-electron chi connectivity index (χ0n) is 17.1. The Balaban J connectivity index is 1.96. The van der Waals surface area contributed by atoms with Crippen LogP contribution in [-0.2, 0) is 21.4 Å². The molecule has 0 radical (unpaired) electrons. The highest BCUT2D eigenvalue weighted by molar-refractivity contribution is 7.99. The average Bonchev–Trinajstić information content (AvgIpc) is 2.59. The first-order valence-electron chi connectivity index (χ1n) is 9.22. The summed E-state index contributed by atoms with van der Waals surface area (Å²) < 4.78 is 0. The Kier molecular flexibility index (Phi) is 7.18. The lowest BCUT2D eigenvalue weighted by Gasteiger charge is -2.19. The molecule has 0 aliphatic heterocycles. The van der Waals surface area contributed by atoms with Crippen molar-refractivity contribution in [3.05, 3.63) is 46.8 Å². The second kappa shape index (κ2) is 9.19. The molecule has 0 atom stereocenters. The molecule has 0 aliphatic rings. The summed E-state index contributed by atoms with van der Waals surface area (Å²) in [5.74, 6) is -0.302. The summed E-state index contributed by atoms with van der Waals surface area (Å²) in [6.07, 6.45) is 0.907. The monoisotopic (exact) mass is 400 g/mol. The highest BCUT2D eigenvalue weighted by atomic mass is 32.2. The van der Waals surface area contributed by atoms with Crippen molar-refractivity contribution in [2.24, 2.45) is 5.73 Å². The van der Waals surface area contributed by atoms with Gasteiger partial charge in [-0.2, -0.15) is 0 Å². The Bertz CT molecular complexity index is 835. The van der Waals surface area contributed by atoms with Gasteiger partial charge in [0.2, 0.25) is 11.8 Å². The smallest absolute Gasteiger partial charge is 0.227 e. The molecule has 1 aromatic carbocycles. The first-order chi connectivity index (χ1) is 13.1. The van der Waals surface area contributed by atoms with Crippen molar-refractivity contribution in [1.82, 2.24) is 9.97 Å². The molecule has 2 amide bonds. The minimum atomic E-state index is -0.403. The number of hydrogen-bond acceptors (Lipinski definition) is 5. The van der Waals surface area contributed by atoms with Crippen LogP contribution in [0, 0.1) is 13.8 Å². The molecule has 150 valence electrons. The van der Waals surface area contributed by atoms with Crippen LogP contribution in [0.3, 0.4) is 0 Å². The van der Waals surface area contributed by atoms with Gasteiger partial charge in [0.1, 0.15) is 0 Å². The summed E-state index contributed by atoms with van der Waals surface area (Å²) in [6.45, 7) is 10.3. The molecule has 6 nitrogen and oxygen atoms in total. The molecule has 0 unspecified atom stereocenters. The molecule has 1 heterocycles. The van der Waals surface area contributed by atoms with E-state index in [1.165, 1.54) is 17.3 Å². The first-order valence-corrected chi connectivity index (χ1v) is 10.2. The molecule has 28 heavy (non-hydrogen) atoms. The van der Waals surface area contributed by atoms with Crippen molar-refractivity contribution in [3.8, 4) is 0 Å². The number of primary amides is 1. The largest absolute Gasteiger partial charge is 0.369 e.